The zero-order valence-electron chi connectivity index (χ0n) is 15.4. The molecule has 0 saturated carbocycles. The maximum absolute atomic E-state index is 12.7. The molecule has 28 heavy (non-hydrogen) atoms. The summed E-state index contributed by atoms with van der Waals surface area (Å²) >= 11 is 6.87. The minimum absolute atomic E-state index is 0.173. The highest BCUT2D eigenvalue weighted by atomic mass is 35.5. The number of rotatable bonds is 4. The molecule has 0 aromatic carbocycles. The Kier molecular flexibility index (Phi) is 5.42. The second kappa shape index (κ2) is 7.36. The van der Waals surface area contributed by atoms with Crippen molar-refractivity contribution in [1.82, 2.24) is 14.5 Å². The lowest BCUT2D eigenvalue weighted by molar-refractivity contribution is -0.137. The van der Waals surface area contributed by atoms with Gasteiger partial charge in [0.1, 0.15) is 0 Å². The van der Waals surface area contributed by atoms with Crippen LogP contribution in [0.4, 0.5) is 19.0 Å². The number of fused-ring (bicyclic) bond motifs is 1. The summed E-state index contributed by atoms with van der Waals surface area (Å²) in [5.41, 5.74) is 1.06. The van der Waals surface area contributed by atoms with E-state index in [4.69, 9.17) is 11.6 Å². The lowest BCUT2D eigenvalue weighted by atomic mass is 9.92. The van der Waals surface area contributed by atoms with E-state index >= 15 is 0 Å². The van der Waals surface area contributed by atoms with Gasteiger partial charge in [-0.25, -0.2) is 9.97 Å². The van der Waals surface area contributed by atoms with E-state index in [9.17, 15) is 18.0 Å². The summed E-state index contributed by atoms with van der Waals surface area (Å²) in [4.78, 5) is 20.4. The molecule has 0 aliphatic rings. The van der Waals surface area contributed by atoms with Crippen LogP contribution >= 0.6 is 22.9 Å². The van der Waals surface area contributed by atoms with Gasteiger partial charge in [-0.3, -0.25) is 4.79 Å². The normalized spacial score (nSPS) is 12.5. The topological polar surface area (TPSA) is 59.8 Å². The van der Waals surface area contributed by atoms with E-state index in [0.717, 1.165) is 0 Å². The molecule has 3 aromatic rings. The number of aromatic nitrogens is 3. The molecule has 3 rings (SSSR count). The van der Waals surface area contributed by atoms with Crippen LogP contribution in [0.2, 0.25) is 5.02 Å². The summed E-state index contributed by atoms with van der Waals surface area (Å²) in [5, 5.41) is 2.10. The molecular weight excluding hydrogens is 413 g/mol. The number of pyridine rings is 1. The number of hydrogen-bond donors (Lipinski definition) is 1. The first kappa shape index (κ1) is 20.6. The Morgan fingerprint density at radius 3 is 2.64 bits per heavy atom. The molecule has 10 heteroatoms. The van der Waals surface area contributed by atoms with Gasteiger partial charge in [0.2, 0.25) is 5.91 Å². The molecule has 0 radical (unpaired) electrons. The Labute approximate surface area is 168 Å². The Bertz CT molecular complexity index is 1020. The summed E-state index contributed by atoms with van der Waals surface area (Å²) in [6.45, 7) is 6.07. The van der Waals surface area contributed by atoms with E-state index in [2.05, 4.69) is 15.3 Å². The predicted octanol–water partition coefficient (Wildman–Crippen LogP) is 5.59. The zero-order chi connectivity index (χ0) is 20.7. The highest BCUT2D eigenvalue weighted by molar-refractivity contribution is 7.11. The van der Waals surface area contributed by atoms with Crippen molar-refractivity contribution in [3.8, 4) is 0 Å². The zero-order valence-corrected chi connectivity index (χ0v) is 17.0. The molecule has 0 aliphatic carbocycles. The molecule has 0 unspecified atom stereocenters. The van der Waals surface area contributed by atoms with Crippen LogP contribution in [-0.2, 0) is 17.5 Å². The maximum atomic E-state index is 12.7. The number of thiazole rings is 1. The van der Waals surface area contributed by atoms with Gasteiger partial charge in [-0.2, -0.15) is 13.2 Å². The van der Waals surface area contributed by atoms with E-state index in [1.165, 1.54) is 6.20 Å². The molecule has 150 valence electrons. The summed E-state index contributed by atoms with van der Waals surface area (Å²) in [6.07, 6.45) is -1.21. The lowest BCUT2D eigenvalue weighted by Crippen LogP contribution is -2.20. The van der Waals surface area contributed by atoms with Gasteiger partial charge in [-0.15, -0.1) is 11.3 Å². The predicted molar refractivity (Wildman–Crippen MR) is 104 cm³/mol. The molecule has 5 nitrogen and oxygen atoms in total. The van der Waals surface area contributed by atoms with Gasteiger partial charge in [0.05, 0.1) is 22.6 Å². The van der Waals surface area contributed by atoms with Gasteiger partial charge < -0.3 is 9.88 Å². The number of halogens is 4. The fourth-order valence-electron chi connectivity index (χ4n) is 2.65. The van der Waals surface area contributed by atoms with Crippen LogP contribution in [-0.4, -0.2) is 20.4 Å². The average molecular weight is 431 g/mol. The highest BCUT2D eigenvalue weighted by Gasteiger charge is 2.34. The fraction of sp³-hybridized carbons (Fsp3) is 0.389. The molecule has 1 amide bonds. The number of carbonyl (C=O) groups excluding carboxylic acids is 1. The van der Waals surface area contributed by atoms with Crippen molar-refractivity contribution in [3.63, 3.8) is 0 Å². The molecule has 3 aromatic heterocycles. The van der Waals surface area contributed by atoms with E-state index < -0.39 is 11.2 Å². The summed E-state index contributed by atoms with van der Waals surface area (Å²) in [6, 6.07) is 3.36. The van der Waals surface area contributed by atoms with Crippen LogP contribution in [0, 0.1) is 5.41 Å². The number of alkyl halides is 3. The van der Waals surface area contributed by atoms with Crippen LogP contribution in [0.1, 0.15) is 37.1 Å². The fourth-order valence-corrected chi connectivity index (χ4v) is 3.62. The number of nitrogens with zero attached hydrogens (tertiary/aromatic N) is 3. The molecule has 3 heterocycles. The smallest absolute Gasteiger partial charge is 0.341 e. The molecule has 0 spiro atoms. The highest BCUT2D eigenvalue weighted by Crippen LogP contribution is 2.33. The van der Waals surface area contributed by atoms with Crippen molar-refractivity contribution in [2.75, 3.05) is 5.32 Å². The first-order chi connectivity index (χ1) is 12.9. The van der Waals surface area contributed by atoms with E-state index in [-0.39, 0.29) is 28.7 Å². The van der Waals surface area contributed by atoms with Crippen molar-refractivity contribution in [1.29, 1.82) is 0 Å². The van der Waals surface area contributed by atoms with Gasteiger partial charge >= 0.3 is 6.18 Å². The number of amides is 1. The number of hydrogen-bond acceptors (Lipinski definition) is 4. The van der Waals surface area contributed by atoms with Crippen molar-refractivity contribution >= 4 is 45.7 Å². The summed E-state index contributed by atoms with van der Waals surface area (Å²) in [5.74, 6) is 0.0725. The summed E-state index contributed by atoms with van der Waals surface area (Å²) in [7, 11) is 0. The Morgan fingerprint density at radius 1 is 1.32 bits per heavy atom. The number of carbonyl (C=O) groups is 1. The third-order valence-corrected chi connectivity index (χ3v) is 5.09. The SMILES string of the molecule is CC(C)(C)CC(=O)Nc1nc2ccn(Cc3cnc(C(F)(F)F)s3)c2cc1Cl. The van der Waals surface area contributed by atoms with Crippen LogP contribution in [0.15, 0.2) is 24.5 Å². The summed E-state index contributed by atoms with van der Waals surface area (Å²) < 4.78 is 39.9. The second-order valence-electron chi connectivity index (χ2n) is 7.58. The van der Waals surface area contributed by atoms with Crippen LogP contribution in [0.5, 0.6) is 0 Å². The lowest BCUT2D eigenvalue weighted by Gasteiger charge is -2.17. The average Bonchev–Trinajstić information content (AvgIpc) is 3.14. The standard InChI is InChI=1S/C18H18ClF3N4OS/c1-17(2,3)7-14(27)25-15-11(19)6-13-12(24-15)4-5-26(13)9-10-8-23-16(28-10)18(20,21)22/h4-6,8H,7,9H2,1-3H3,(H,24,25,27). The van der Waals surface area contributed by atoms with Crippen molar-refractivity contribution in [3.05, 3.63) is 39.4 Å². The largest absolute Gasteiger partial charge is 0.443 e. The first-order valence-electron chi connectivity index (χ1n) is 8.39. The Hall–Kier alpha value is -2.13. The first-order valence-corrected chi connectivity index (χ1v) is 9.59. The molecule has 0 bridgehead atoms. The Balaban J connectivity index is 1.82. The monoisotopic (exact) mass is 430 g/mol. The third-order valence-electron chi connectivity index (χ3n) is 3.78. The van der Waals surface area contributed by atoms with Crippen molar-refractivity contribution in [2.24, 2.45) is 5.41 Å². The molecule has 0 aliphatic heterocycles. The van der Waals surface area contributed by atoms with E-state index in [0.29, 0.717) is 33.7 Å². The van der Waals surface area contributed by atoms with Crippen LogP contribution in [0.25, 0.3) is 11.0 Å². The number of anilines is 1. The molecule has 0 saturated heterocycles. The van der Waals surface area contributed by atoms with E-state index in [1.54, 1.807) is 22.9 Å². The van der Waals surface area contributed by atoms with Gasteiger partial charge in [-0.1, -0.05) is 32.4 Å². The molecular formula is C18H18ClF3N4OS. The van der Waals surface area contributed by atoms with Gasteiger partial charge in [0.25, 0.3) is 0 Å². The van der Waals surface area contributed by atoms with Crippen LogP contribution in [0.3, 0.4) is 0 Å². The Morgan fingerprint density at radius 2 is 2.04 bits per heavy atom. The number of nitrogens with one attached hydrogen (secondary N) is 1. The molecule has 0 fully saturated rings. The van der Waals surface area contributed by atoms with Crippen molar-refractivity contribution < 1.29 is 18.0 Å². The minimum Gasteiger partial charge on any atom is -0.341 e. The van der Waals surface area contributed by atoms with Gasteiger partial charge in [0, 0.05) is 23.7 Å². The maximum Gasteiger partial charge on any atom is 0.443 e. The van der Waals surface area contributed by atoms with Crippen LogP contribution < -0.4 is 5.32 Å². The molecule has 1 N–H and O–H groups in total. The minimum atomic E-state index is -4.45. The second-order valence-corrected chi connectivity index (χ2v) is 9.10. The van der Waals surface area contributed by atoms with Crippen molar-refractivity contribution in [2.45, 2.75) is 39.9 Å². The third kappa shape index (κ3) is 4.82. The van der Waals surface area contributed by atoms with Gasteiger partial charge in [0.15, 0.2) is 10.8 Å². The molecule has 0 atom stereocenters. The van der Waals surface area contributed by atoms with E-state index in [1.807, 2.05) is 20.8 Å². The van der Waals surface area contributed by atoms with Gasteiger partial charge in [-0.05, 0) is 17.5 Å². The quantitative estimate of drug-likeness (QED) is 0.587.